The van der Waals surface area contributed by atoms with Crippen LogP contribution in [0.1, 0.15) is 100 Å². The first kappa shape index (κ1) is 35.1. The number of hydrogen-bond acceptors (Lipinski definition) is 3. The highest BCUT2D eigenvalue weighted by molar-refractivity contribution is 6.74. The minimum Gasteiger partial charge on any atom is -0.481 e. The average Bonchev–Trinajstić information content (AvgIpc) is 3.33. The van der Waals surface area contributed by atoms with Crippen LogP contribution >= 0.6 is 0 Å². The predicted octanol–water partition coefficient (Wildman–Crippen LogP) is 9.60. The molecular formula is C34H60O4Si2. The monoisotopic (exact) mass is 588 g/mol. The van der Waals surface area contributed by atoms with Crippen LogP contribution in [0.2, 0.25) is 36.3 Å². The molecule has 0 amide bonds. The molecule has 0 heterocycles. The predicted molar refractivity (Wildman–Crippen MR) is 174 cm³/mol. The summed E-state index contributed by atoms with van der Waals surface area (Å²) in [5.41, 5.74) is 1.52. The number of hydrogen-bond donors (Lipinski definition) is 1. The molecule has 6 heteroatoms. The van der Waals surface area contributed by atoms with Gasteiger partial charge in [-0.2, -0.15) is 0 Å². The first-order valence-electron chi connectivity index (χ1n) is 15.6. The molecule has 2 rings (SSSR count). The van der Waals surface area contributed by atoms with Crippen LogP contribution in [0, 0.1) is 35.5 Å². The number of carboxylic acid groups (broad SMARTS) is 1. The Labute approximate surface area is 249 Å². The van der Waals surface area contributed by atoms with Gasteiger partial charge in [0.25, 0.3) is 0 Å². The molecule has 1 N–H and O–H groups in total. The van der Waals surface area contributed by atoms with E-state index in [9.17, 15) is 4.79 Å². The number of fused-ring (bicyclic) bond motifs is 1. The Hall–Kier alpha value is -1.14. The number of carboxylic acids is 1. The summed E-state index contributed by atoms with van der Waals surface area (Å²) in [6, 6.07) is 0. The Morgan fingerprint density at radius 2 is 1.70 bits per heavy atom. The lowest BCUT2D eigenvalue weighted by molar-refractivity contribution is -0.137. The van der Waals surface area contributed by atoms with E-state index < -0.39 is 22.6 Å². The fourth-order valence-corrected chi connectivity index (χ4v) is 8.34. The summed E-state index contributed by atoms with van der Waals surface area (Å²) in [5, 5.41) is 9.32. The zero-order valence-corrected chi connectivity index (χ0v) is 29.8. The van der Waals surface area contributed by atoms with Gasteiger partial charge in [-0.15, -0.1) is 11.8 Å². The molecule has 228 valence electrons. The second-order valence-corrected chi connectivity index (χ2v) is 25.1. The average molecular weight is 589 g/mol. The van der Waals surface area contributed by atoms with Crippen LogP contribution < -0.4 is 0 Å². The third kappa shape index (κ3) is 9.44. The van der Waals surface area contributed by atoms with Crippen LogP contribution in [-0.4, -0.2) is 39.9 Å². The molecule has 0 radical (unpaired) electrons. The molecule has 6 atom stereocenters. The lowest BCUT2D eigenvalue weighted by Crippen LogP contribution is -2.45. The Morgan fingerprint density at radius 3 is 2.25 bits per heavy atom. The lowest BCUT2D eigenvalue weighted by Gasteiger charge is -2.41. The van der Waals surface area contributed by atoms with Crippen molar-refractivity contribution in [1.29, 1.82) is 0 Å². The van der Waals surface area contributed by atoms with E-state index in [0.29, 0.717) is 23.7 Å². The van der Waals surface area contributed by atoms with Crippen molar-refractivity contribution in [2.45, 2.75) is 149 Å². The third-order valence-electron chi connectivity index (χ3n) is 10.3. The first-order chi connectivity index (χ1) is 18.3. The second kappa shape index (κ2) is 13.9. The van der Waals surface area contributed by atoms with Crippen LogP contribution in [0.15, 0.2) is 23.8 Å². The Kier molecular flexibility index (Phi) is 12.2. The highest BCUT2D eigenvalue weighted by atomic mass is 28.4. The fourth-order valence-electron chi connectivity index (χ4n) is 5.63. The normalized spacial score (nSPS) is 26.6. The molecule has 0 aromatic heterocycles. The Balaban J connectivity index is 2.36. The number of carbonyl (C=O) groups is 1. The number of aliphatic carboxylic acids is 1. The molecule has 2 unspecified atom stereocenters. The number of unbranched alkanes of at least 4 members (excludes halogenated alkanes) is 1. The summed E-state index contributed by atoms with van der Waals surface area (Å²) in [7, 11) is -3.88. The second-order valence-electron chi connectivity index (χ2n) is 15.5. The van der Waals surface area contributed by atoms with Crippen molar-refractivity contribution in [2.24, 2.45) is 23.7 Å². The maximum Gasteiger partial charge on any atom is 0.303 e. The van der Waals surface area contributed by atoms with Crippen molar-refractivity contribution >= 4 is 22.6 Å². The van der Waals surface area contributed by atoms with Crippen LogP contribution in [0.4, 0.5) is 0 Å². The van der Waals surface area contributed by atoms with Crippen molar-refractivity contribution in [3.8, 4) is 11.8 Å². The summed E-state index contributed by atoms with van der Waals surface area (Å²) in [5.74, 6) is 7.59. The zero-order valence-electron chi connectivity index (χ0n) is 27.8. The fraction of sp³-hybridized carbons (Fsp3) is 0.794. The van der Waals surface area contributed by atoms with Gasteiger partial charge in [0.2, 0.25) is 0 Å². The van der Waals surface area contributed by atoms with Gasteiger partial charge >= 0.3 is 5.97 Å². The summed E-state index contributed by atoms with van der Waals surface area (Å²) >= 11 is 0. The third-order valence-corrected chi connectivity index (χ3v) is 19.3. The molecule has 2 aliphatic carbocycles. The van der Waals surface area contributed by atoms with Crippen molar-refractivity contribution in [3.63, 3.8) is 0 Å². The van der Waals surface area contributed by atoms with Gasteiger partial charge in [0.1, 0.15) is 0 Å². The van der Waals surface area contributed by atoms with E-state index in [1.807, 2.05) is 6.92 Å². The van der Waals surface area contributed by atoms with E-state index >= 15 is 0 Å². The lowest BCUT2D eigenvalue weighted by atomic mass is 9.89. The van der Waals surface area contributed by atoms with E-state index in [-0.39, 0.29) is 28.7 Å². The molecule has 4 nitrogen and oxygen atoms in total. The van der Waals surface area contributed by atoms with Gasteiger partial charge in [0.05, 0.1) is 12.2 Å². The van der Waals surface area contributed by atoms with Crippen LogP contribution in [0.5, 0.6) is 0 Å². The smallest absolute Gasteiger partial charge is 0.303 e. The summed E-state index contributed by atoms with van der Waals surface area (Å²) < 4.78 is 14.2. The molecule has 0 aromatic carbocycles. The van der Waals surface area contributed by atoms with Crippen molar-refractivity contribution in [3.05, 3.63) is 23.8 Å². The molecule has 2 fully saturated rings. The molecule has 2 saturated carbocycles. The summed E-state index contributed by atoms with van der Waals surface area (Å²) in [6.07, 6.45) is 13.5. The minimum absolute atomic E-state index is 0.0433. The molecule has 0 bridgehead atoms. The van der Waals surface area contributed by atoms with Gasteiger partial charge in [-0.05, 0) is 93.0 Å². The van der Waals surface area contributed by atoms with Gasteiger partial charge in [-0.25, -0.2) is 0 Å². The first-order valence-corrected chi connectivity index (χ1v) is 21.4. The van der Waals surface area contributed by atoms with Crippen molar-refractivity contribution in [2.75, 3.05) is 0 Å². The van der Waals surface area contributed by atoms with Crippen molar-refractivity contribution < 1.29 is 18.8 Å². The Morgan fingerprint density at radius 1 is 1.07 bits per heavy atom. The van der Waals surface area contributed by atoms with Gasteiger partial charge in [0.15, 0.2) is 16.6 Å². The van der Waals surface area contributed by atoms with Crippen LogP contribution in [0.3, 0.4) is 0 Å². The van der Waals surface area contributed by atoms with Gasteiger partial charge in [-0.1, -0.05) is 72.3 Å². The van der Waals surface area contributed by atoms with Gasteiger partial charge in [0, 0.05) is 18.8 Å². The number of allylic oxidation sites excluding steroid dienone is 2. The van der Waals surface area contributed by atoms with E-state index in [0.717, 1.165) is 38.5 Å². The maximum absolute atomic E-state index is 10.9. The molecule has 40 heavy (non-hydrogen) atoms. The Bertz CT molecular complexity index is 971. The highest BCUT2D eigenvalue weighted by Gasteiger charge is 2.50. The quantitative estimate of drug-likeness (QED) is 0.107. The maximum atomic E-state index is 10.9. The molecule has 0 aliphatic heterocycles. The molecule has 0 saturated heterocycles. The minimum atomic E-state index is -1.97. The van der Waals surface area contributed by atoms with Gasteiger partial charge in [-0.3, -0.25) is 4.79 Å². The largest absolute Gasteiger partial charge is 0.481 e. The molecule has 0 spiro atoms. The topological polar surface area (TPSA) is 55.8 Å². The highest BCUT2D eigenvalue weighted by Crippen LogP contribution is 2.53. The summed E-state index contributed by atoms with van der Waals surface area (Å²) in [6.45, 7) is 27.6. The standard InChI is InChI=1S/C34H60O4Si2/c1-13-14-17-25(2)30(37-39(9,10)33(3,4)5)21-20-28-29-23-26(18-15-16-19-32(35)36)22-27(29)24-31(28)38-40(11,12)34(6,7)8/h18,20-21,25,27-31H,15-17,19,22-24H2,1-12H3,(H,35,36)/b21-20+,26-18+/t25?,27-,28+,29-,30?,31+/m0/s1. The van der Waals surface area contributed by atoms with Crippen LogP contribution in [0.25, 0.3) is 0 Å². The number of rotatable bonds is 12. The van der Waals surface area contributed by atoms with Crippen LogP contribution in [-0.2, 0) is 13.6 Å². The van der Waals surface area contributed by atoms with E-state index in [2.05, 4.69) is 105 Å². The van der Waals surface area contributed by atoms with Gasteiger partial charge < -0.3 is 14.0 Å². The summed E-state index contributed by atoms with van der Waals surface area (Å²) in [4.78, 5) is 10.9. The van der Waals surface area contributed by atoms with E-state index in [1.165, 1.54) is 5.57 Å². The van der Waals surface area contributed by atoms with E-state index in [4.69, 9.17) is 14.0 Å². The van der Waals surface area contributed by atoms with Crippen molar-refractivity contribution in [1.82, 2.24) is 0 Å². The SMILES string of the molecule is CC#CCC(C)C(/C=C/[C@@H]1[C@H]2C/C(=C/CCCC(=O)O)C[C@H]2C[C@H]1O[Si](C)(C)C(C)(C)C)O[Si](C)(C)C(C)(C)C. The molecule has 0 aromatic rings. The molecule has 2 aliphatic rings. The molecular weight excluding hydrogens is 529 g/mol. The van der Waals surface area contributed by atoms with E-state index in [1.54, 1.807) is 0 Å². The zero-order chi connectivity index (χ0) is 30.5.